The van der Waals surface area contributed by atoms with Crippen LogP contribution in [0.25, 0.3) is 0 Å². The van der Waals surface area contributed by atoms with Crippen LogP contribution < -0.4 is 5.46 Å². The third kappa shape index (κ3) is 3.26. The van der Waals surface area contributed by atoms with Crippen LogP contribution in [0.4, 0.5) is 0 Å². The Morgan fingerprint density at radius 3 is 2.30 bits per heavy atom. The number of rotatable bonds is 4. The van der Waals surface area contributed by atoms with Crippen molar-refractivity contribution in [3.8, 4) is 0 Å². The molecule has 0 unspecified atom stereocenters. The second kappa shape index (κ2) is 5.91. The monoisotopic (exact) mass is 274 g/mol. The molecule has 0 spiro atoms. The maximum Gasteiger partial charge on any atom is 0.494 e. The molecule has 1 aromatic rings. The van der Waals surface area contributed by atoms with E-state index in [2.05, 4.69) is 58.9 Å². The van der Waals surface area contributed by atoms with Crippen molar-refractivity contribution >= 4 is 12.6 Å². The molecule has 1 aliphatic rings. The van der Waals surface area contributed by atoms with Crippen LogP contribution in [0.15, 0.2) is 24.3 Å². The molecule has 20 heavy (non-hydrogen) atoms. The van der Waals surface area contributed by atoms with Gasteiger partial charge in [-0.1, -0.05) is 51.5 Å². The normalized spacial score (nSPS) is 20.9. The first-order valence-corrected chi connectivity index (χ1v) is 7.74. The molecule has 0 aromatic heterocycles. The number of hydrogen-bond donors (Lipinski definition) is 0. The predicted molar refractivity (Wildman–Crippen MR) is 85.3 cm³/mol. The van der Waals surface area contributed by atoms with Crippen LogP contribution >= 0.6 is 0 Å². The predicted octanol–water partition coefficient (Wildman–Crippen LogP) is 3.58. The third-order valence-electron chi connectivity index (χ3n) is 4.70. The number of aryl methyl sites for hydroxylation is 1. The molecule has 2 rings (SSSR count). The van der Waals surface area contributed by atoms with Gasteiger partial charge in [0.05, 0.1) is 5.60 Å². The second-order valence-corrected chi connectivity index (χ2v) is 7.00. The summed E-state index contributed by atoms with van der Waals surface area (Å²) in [7, 11) is -0.238. The summed E-state index contributed by atoms with van der Waals surface area (Å²) < 4.78 is 12.1. The van der Waals surface area contributed by atoms with Crippen LogP contribution in [-0.4, -0.2) is 19.3 Å². The van der Waals surface area contributed by atoms with Gasteiger partial charge < -0.3 is 9.31 Å². The van der Waals surface area contributed by atoms with E-state index in [0.717, 1.165) is 18.5 Å². The van der Waals surface area contributed by atoms with E-state index in [1.165, 1.54) is 18.4 Å². The minimum atomic E-state index is -0.238. The van der Waals surface area contributed by atoms with Crippen LogP contribution in [0.2, 0.25) is 0 Å². The van der Waals surface area contributed by atoms with Gasteiger partial charge in [-0.3, -0.25) is 0 Å². The molecule has 2 nitrogen and oxygen atoms in total. The van der Waals surface area contributed by atoms with Gasteiger partial charge in [0.15, 0.2) is 0 Å². The Kier molecular flexibility index (Phi) is 4.60. The highest BCUT2D eigenvalue weighted by molar-refractivity contribution is 6.61. The number of unbranched alkanes of at least 4 members (excludes halogenated alkanes) is 1. The number of hydrogen-bond acceptors (Lipinski definition) is 2. The summed E-state index contributed by atoms with van der Waals surface area (Å²) in [6, 6.07) is 8.68. The van der Waals surface area contributed by atoms with Crippen molar-refractivity contribution in [1.82, 2.24) is 0 Å². The number of benzene rings is 1. The van der Waals surface area contributed by atoms with Crippen LogP contribution in [-0.2, 0) is 15.7 Å². The van der Waals surface area contributed by atoms with Crippen molar-refractivity contribution in [3.63, 3.8) is 0 Å². The van der Waals surface area contributed by atoms with Gasteiger partial charge in [0, 0.05) is 12.0 Å². The van der Waals surface area contributed by atoms with E-state index in [1.807, 2.05) is 0 Å². The van der Waals surface area contributed by atoms with Gasteiger partial charge in [-0.25, -0.2) is 0 Å². The lowest BCUT2D eigenvalue weighted by atomic mass is 9.69. The zero-order valence-corrected chi connectivity index (χ0v) is 13.5. The lowest BCUT2D eigenvalue weighted by Crippen LogP contribution is -2.58. The minimum Gasteiger partial charge on any atom is -0.407 e. The molecular formula is C17H27BO2. The summed E-state index contributed by atoms with van der Waals surface area (Å²) >= 11 is 0. The van der Waals surface area contributed by atoms with Gasteiger partial charge in [-0.2, -0.15) is 0 Å². The van der Waals surface area contributed by atoms with Crippen LogP contribution in [0.3, 0.4) is 0 Å². The molecule has 1 fully saturated rings. The molecule has 0 aliphatic carbocycles. The van der Waals surface area contributed by atoms with E-state index >= 15 is 0 Å². The Labute approximate surface area is 124 Å². The molecule has 110 valence electrons. The van der Waals surface area contributed by atoms with Crippen molar-refractivity contribution < 1.29 is 9.31 Å². The molecule has 0 amide bonds. The van der Waals surface area contributed by atoms with Crippen molar-refractivity contribution in [3.05, 3.63) is 29.8 Å². The van der Waals surface area contributed by atoms with Crippen molar-refractivity contribution in [1.29, 1.82) is 0 Å². The topological polar surface area (TPSA) is 18.5 Å². The molecule has 1 saturated heterocycles. The maximum atomic E-state index is 6.17. The molecule has 0 radical (unpaired) electrons. The largest absolute Gasteiger partial charge is 0.494 e. The summed E-state index contributed by atoms with van der Waals surface area (Å²) in [5.41, 5.74) is 2.36. The SMILES string of the molecule is CCCCc1ccc(B2OCC(C)(C)C(C)(C)O2)cc1. The summed E-state index contributed by atoms with van der Waals surface area (Å²) in [5, 5.41) is 0. The summed E-state index contributed by atoms with van der Waals surface area (Å²) in [4.78, 5) is 0. The average Bonchev–Trinajstić information content (AvgIpc) is 2.40. The summed E-state index contributed by atoms with van der Waals surface area (Å²) in [6.45, 7) is 11.6. The molecule has 1 aliphatic heterocycles. The zero-order chi connectivity index (χ0) is 14.8. The Hall–Kier alpha value is -0.795. The van der Waals surface area contributed by atoms with Crippen molar-refractivity contribution in [2.24, 2.45) is 5.41 Å². The molecule has 1 aromatic carbocycles. The van der Waals surface area contributed by atoms with Crippen LogP contribution in [0.5, 0.6) is 0 Å². The Morgan fingerprint density at radius 2 is 1.75 bits per heavy atom. The molecular weight excluding hydrogens is 247 g/mol. The van der Waals surface area contributed by atoms with Gasteiger partial charge in [-0.15, -0.1) is 0 Å². The zero-order valence-electron chi connectivity index (χ0n) is 13.5. The fraction of sp³-hybridized carbons (Fsp3) is 0.647. The smallest absolute Gasteiger partial charge is 0.407 e. The first-order chi connectivity index (χ1) is 9.36. The molecule has 3 heteroatoms. The molecule has 0 bridgehead atoms. The van der Waals surface area contributed by atoms with Crippen molar-refractivity contribution in [2.45, 2.75) is 59.5 Å². The van der Waals surface area contributed by atoms with E-state index in [-0.39, 0.29) is 18.1 Å². The van der Waals surface area contributed by atoms with Gasteiger partial charge in [0.25, 0.3) is 0 Å². The second-order valence-electron chi connectivity index (χ2n) is 7.00. The van der Waals surface area contributed by atoms with Crippen molar-refractivity contribution in [2.75, 3.05) is 6.61 Å². The summed E-state index contributed by atoms with van der Waals surface area (Å²) in [5.74, 6) is 0. The third-order valence-corrected chi connectivity index (χ3v) is 4.70. The van der Waals surface area contributed by atoms with Gasteiger partial charge >= 0.3 is 7.12 Å². The van der Waals surface area contributed by atoms with Crippen LogP contribution in [0.1, 0.15) is 53.0 Å². The molecule has 0 N–H and O–H groups in total. The Balaban J connectivity index is 2.06. The van der Waals surface area contributed by atoms with Gasteiger partial charge in [-0.05, 0) is 37.7 Å². The van der Waals surface area contributed by atoms with E-state index in [0.29, 0.717) is 0 Å². The fourth-order valence-electron chi connectivity index (χ4n) is 2.31. The van der Waals surface area contributed by atoms with Gasteiger partial charge in [0.1, 0.15) is 0 Å². The Morgan fingerprint density at radius 1 is 1.10 bits per heavy atom. The lowest BCUT2D eigenvalue weighted by molar-refractivity contribution is -0.0937. The minimum absolute atomic E-state index is 0.0323. The average molecular weight is 274 g/mol. The fourth-order valence-corrected chi connectivity index (χ4v) is 2.31. The first kappa shape index (κ1) is 15.6. The molecule has 0 atom stereocenters. The lowest BCUT2D eigenvalue weighted by Gasteiger charge is -2.47. The molecule has 1 heterocycles. The quantitative estimate of drug-likeness (QED) is 0.781. The highest BCUT2D eigenvalue weighted by Crippen LogP contribution is 2.37. The maximum absolute atomic E-state index is 6.17. The molecule has 0 saturated carbocycles. The van der Waals surface area contributed by atoms with Gasteiger partial charge in [0.2, 0.25) is 0 Å². The van der Waals surface area contributed by atoms with E-state index in [9.17, 15) is 0 Å². The highest BCUT2D eigenvalue weighted by Gasteiger charge is 2.46. The van der Waals surface area contributed by atoms with E-state index in [1.54, 1.807) is 0 Å². The Bertz CT molecular complexity index is 437. The summed E-state index contributed by atoms with van der Waals surface area (Å²) in [6.07, 6.45) is 3.64. The standard InChI is InChI=1S/C17H27BO2/c1-6-7-8-14-9-11-15(12-10-14)18-19-13-16(2,3)17(4,5)20-18/h9-12H,6-8,13H2,1-5H3. The van der Waals surface area contributed by atoms with Crippen LogP contribution in [0, 0.1) is 5.41 Å². The highest BCUT2D eigenvalue weighted by atomic mass is 16.6. The van der Waals surface area contributed by atoms with E-state index < -0.39 is 0 Å². The van der Waals surface area contributed by atoms with E-state index in [4.69, 9.17) is 9.31 Å². The first-order valence-electron chi connectivity index (χ1n) is 7.74.